The third kappa shape index (κ3) is 10.5. The van der Waals surface area contributed by atoms with Gasteiger partial charge in [0.25, 0.3) is 6.71 Å². The van der Waals surface area contributed by atoms with Crippen LogP contribution in [0.2, 0.25) is 0 Å². The first-order chi connectivity index (χ1) is 49.3. The Morgan fingerprint density at radius 1 is 0.269 bits per heavy atom. The SMILES string of the molecule is CC(C)(C)c1ccc(N2c3cc(-n4c5ccc(C(C)(C)C)cc5c5cc(C(C)(C)C)ccc54)ccc3B3c4ccc(-n5c6ccc(C(C)(C)C)cc6c6cc(C(C)(C)C)ccc65)cc4N(c4ccc(C#N)c(-n5c6ccccc6c6ccccc65)c4)c4cc(C(C)(C)C)cc2c43)c(-c2ccccc2)c1. The van der Waals surface area contributed by atoms with Crippen LogP contribution in [0.4, 0.5) is 34.1 Å². The smallest absolute Gasteiger partial charge is 0.252 e. The van der Waals surface area contributed by atoms with E-state index in [4.69, 9.17) is 0 Å². The number of rotatable bonds is 6. The molecule has 0 saturated heterocycles. The second-order valence-corrected chi connectivity index (χ2v) is 35.9. The van der Waals surface area contributed by atoms with Crippen molar-refractivity contribution in [3.63, 3.8) is 0 Å². The van der Waals surface area contributed by atoms with E-state index in [0.29, 0.717) is 5.56 Å². The van der Waals surface area contributed by atoms with Gasteiger partial charge >= 0.3 is 0 Å². The fourth-order valence-corrected chi connectivity index (χ4v) is 16.9. The first-order valence-corrected chi connectivity index (χ1v) is 37.3. The first-order valence-electron chi connectivity index (χ1n) is 37.3. The maximum Gasteiger partial charge on any atom is 0.252 e. The van der Waals surface area contributed by atoms with Gasteiger partial charge in [-0.15, -0.1) is 0 Å². The number of para-hydroxylation sites is 2. The van der Waals surface area contributed by atoms with Crippen molar-refractivity contribution in [1.29, 1.82) is 5.26 Å². The monoisotopic (exact) mass is 1350 g/mol. The molecule has 6 nitrogen and oxygen atoms in total. The largest absolute Gasteiger partial charge is 0.311 e. The van der Waals surface area contributed by atoms with E-state index < -0.39 is 0 Å². The summed E-state index contributed by atoms with van der Waals surface area (Å²) in [5.74, 6) is 0. The van der Waals surface area contributed by atoms with Crippen molar-refractivity contribution in [1.82, 2.24) is 13.7 Å². The minimum Gasteiger partial charge on any atom is -0.311 e. The Hall–Kier alpha value is -10.8. The summed E-state index contributed by atoms with van der Waals surface area (Å²) in [6.07, 6.45) is 0. The van der Waals surface area contributed by atoms with Gasteiger partial charge in [0.05, 0.1) is 50.0 Å². The fourth-order valence-electron chi connectivity index (χ4n) is 16.9. The molecule has 0 bridgehead atoms. The van der Waals surface area contributed by atoms with Crippen molar-refractivity contribution in [2.75, 3.05) is 9.80 Å². The number of fused-ring (bicyclic) bond motifs is 13. The van der Waals surface area contributed by atoms with Gasteiger partial charge in [0.1, 0.15) is 6.07 Å². The zero-order chi connectivity index (χ0) is 72.8. The van der Waals surface area contributed by atoms with Crippen molar-refractivity contribution in [3.05, 3.63) is 276 Å². The van der Waals surface area contributed by atoms with Crippen LogP contribution < -0.4 is 26.2 Å². The van der Waals surface area contributed by atoms with E-state index in [1.807, 2.05) is 0 Å². The summed E-state index contributed by atoms with van der Waals surface area (Å²) in [6, 6.07) is 93.4. The van der Waals surface area contributed by atoms with Crippen LogP contribution in [0.15, 0.2) is 237 Å². The molecule has 0 atom stereocenters. The third-order valence-electron chi connectivity index (χ3n) is 22.8. The van der Waals surface area contributed by atoms with Gasteiger partial charge in [-0.1, -0.05) is 234 Å². The van der Waals surface area contributed by atoms with E-state index in [9.17, 15) is 5.26 Å². The number of hydrogen-bond acceptors (Lipinski definition) is 3. The lowest BCUT2D eigenvalue weighted by Crippen LogP contribution is -2.61. The molecule has 12 aromatic carbocycles. The fraction of sp³-hybridized carbons (Fsp3) is 0.247. The van der Waals surface area contributed by atoms with E-state index in [0.717, 1.165) is 78.6 Å². The van der Waals surface area contributed by atoms with Crippen molar-refractivity contribution in [2.45, 2.75) is 157 Å². The first kappa shape index (κ1) is 66.4. The van der Waals surface area contributed by atoms with Crippen LogP contribution in [0.3, 0.4) is 0 Å². The predicted octanol–water partition coefficient (Wildman–Crippen LogP) is 24.4. The number of hydrogen-bond donors (Lipinski definition) is 0. The second-order valence-electron chi connectivity index (χ2n) is 35.9. The molecule has 0 N–H and O–H groups in total. The maximum atomic E-state index is 11.4. The summed E-state index contributed by atoms with van der Waals surface area (Å²) in [7, 11) is 0. The van der Waals surface area contributed by atoms with Gasteiger partial charge in [-0.25, -0.2) is 0 Å². The summed E-state index contributed by atoms with van der Waals surface area (Å²) < 4.78 is 7.38. The lowest BCUT2D eigenvalue weighted by Gasteiger charge is -2.45. The molecule has 3 aromatic heterocycles. The summed E-state index contributed by atoms with van der Waals surface area (Å²) >= 11 is 0. The van der Waals surface area contributed by atoms with Crippen LogP contribution in [-0.4, -0.2) is 20.4 Å². The highest BCUT2D eigenvalue weighted by Crippen LogP contribution is 2.52. The number of nitriles is 1. The molecule has 514 valence electrons. The van der Waals surface area contributed by atoms with Gasteiger partial charge in [-0.2, -0.15) is 5.26 Å². The lowest BCUT2D eigenvalue weighted by molar-refractivity contribution is 0.590. The van der Waals surface area contributed by atoms with E-state index in [2.05, 4.69) is 391 Å². The van der Waals surface area contributed by atoms with Crippen molar-refractivity contribution >= 4 is 123 Å². The molecule has 0 amide bonds. The van der Waals surface area contributed by atoms with Crippen molar-refractivity contribution in [2.24, 2.45) is 0 Å². The standard InChI is InChI=1S/C97H93BN6/c1-92(2,3)61-33-43-81(72(48-61)59-26-20-19-21-27-59)104-88-57-69(101-84-46-36-64(95(10,11)12)51-75(84)76-52-65(96(13,14)15)37-47-85(76)101)40-42-78(88)98-77-41-39-68(100-82-44-34-62(93(4,5)6)49-73(82)74-50-63(94(7,8)9)35-45-83(74)100)56-87(77)102(89-53-66(97(16,17)18)54-90(104)91(89)98)67-38-32-60(58-99)86(55-67)103-79-30-24-22-28-70(79)71-29-23-25-31-80(71)103/h19-57H,1-18H3. The van der Waals surface area contributed by atoms with E-state index in [-0.39, 0.29) is 39.2 Å². The number of nitrogens with zero attached hydrogens (tertiary/aromatic N) is 6. The summed E-state index contributed by atoms with van der Waals surface area (Å²) in [5.41, 5.74) is 29.9. The molecule has 104 heavy (non-hydrogen) atoms. The minimum absolute atomic E-state index is 0.0507. The molecule has 0 fully saturated rings. The molecule has 7 heteroatoms. The van der Waals surface area contributed by atoms with Gasteiger partial charge < -0.3 is 23.5 Å². The zero-order valence-electron chi connectivity index (χ0n) is 63.8. The predicted molar refractivity (Wildman–Crippen MR) is 446 cm³/mol. The van der Waals surface area contributed by atoms with Crippen LogP contribution in [0.25, 0.3) is 93.6 Å². The molecule has 2 aliphatic heterocycles. The molecule has 2 aliphatic rings. The van der Waals surface area contributed by atoms with Gasteiger partial charge in [0, 0.05) is 77.7 Å². The second kappa shape index (κ2) is 23.1. The Bertz CT molecular complexity index is 5940. The highest BCUT2D eigenvalue weighted by atomic mass is 15.2. The molecular formula is C97H93BN6. The van der Waals surface area contributed by atoms with Crippen molar-refractivity contribution in [3.8, 4) is 34.3 Å². The Labute approximate surface area is 614 Å². The van der Waals surface area contributed by atoms with Crippen LogP contribution in [0.1, 0.15) is 164 Å². The Morgan fingerprint density at radius 2 is 0.635 bits per heavy atom. The number of aromatic nitrogens is 3. The zero-order valence-corrected chi connectivity index (χ0v) is 63.8. The van der Waals surface area contributed by atoms with E-state index >= 15 is 0 Å². The molecule has 5 heterocycles. The van der Waals surface area contributed by atoms with Gasteiger partial charge in [0.2, 0.25) is 0 Å². The van der Waals surface area contributed by atoms with Gasteiger partial charge in [-0.05, 0) is 215 Å². The Balaban J connectivity index is 1.01. The van der Waals surface area contributed by atoms with Crippen LogP contribution in [0.5, 0.6) is 0 Å². The van der Waals surface area contributed by atoms with E-state index in [1.54, 1.807) is 0 Å². The highest BCUT2D eigenvalue weighted by molar-refractivity contribution is 7.00. The molecule has 0 saturated carbocycles. The van der Waals surface area contributed by atoms with Gasteiger partial charge in [0.15, 0.2) is 0 Å². The number of benzene rings is 12. The number of anilines is 6. The van der Waals surface area contributed by atoms with Gasteiger partial charge in [-0.3, -0.25) is 0 Å². The molecule has 0 spiro atoms. The van der Waals surface area contributed by atoms with Crippen LogP contribution in [-0.2, 0) is 32.5 Å². The molecule has 17 rings (SSSR count). The Kier molecular flexibility index (Phi) is 14.8. The quantitative estimate of drug-likeness (QED) is 0.156. The van der Waals surface area contributed by atoms with Crippen molar-refractivity contribution < 1.29 is 0 Å². The molecule has 0 unspecified atom stereocenters. The van der Waals surface area contributed by atoms with Crippen LogP contribution in [0, 0.1) is 11.3 Å². The summed E-state index contributed by atoms with van der Waals surface area (Å²) in [6.45, 7) is 41.7. The Morgan fingerprint density at radius 3 is 1.07 bits per heavy atom. The summed E-state index contributed by atoms with van der Waals surface area (Å²) in [5, 5.41) is 18.7. The molecule has 15 aromatic rings. The average Bonchev–Trinajstić information content (AvgIpc) is 0.859. The molecular weight excluding hydrogens is 1260 g/mol. The topological polar surface area (TPSA) is 45.1 Å². The minimum atomic E-state index is -0.318. The lowest BCUT2D eigenvalue weighted by atomic mass is 9.33. The highest BCUT2D eigenvalue weighted by Gasteiger charge is 2.46. The average molecular weight is 1350 g/mol. The normalized spacial score (nSPS) is 13.6. The third-order valence-corrected chi connectivity index (χ3v) is 22.8. The van der Waals surface area contributed by atoms with E-state index in [1.165, 1.54) is 98.9 Å². The molecule has 0 aliphatic carbocycles. The molecule has 0 radical (unpaired) electrons. The maximum absolute atomic E-state index is 11.4. The van der Waals surface area contributed by atoms with Crippen LogP contribution >= 0.6 is 0 Å². The summed E-state index contributed by atoms with van der Waals surface area (Å²) in [4.78, 5) is 5.22.